The van der Waals surface area contributed by atoms with Gasteiger partial charge in [-0.2, -0.15) is 12.7 Å². The number of hydrogen-bond donors (Lipinski definition) is 2. The summed E-state index contributed by atoms with van der Waals surface area (Å²) in [6.45, 7) is 6.26. The van der Waals surface area contributed by atoms with Crippen molar-refractivity contribution in [3.63, 3.8) is 0 Å². The van der Waals surface area contributed by atoms with Gasteiger partial charge in [-0.1, -0.05) is 57.0 Å². The molecule has 0 unspecified atom stereocenters. The fourth-order valence-corrected chi connectivity index (χ4v) is 9.76. The number of pyridine rings is 1. The number of rotatable bonds is 10. The maximum Gasteiger partial charge on any atom is 0.303 e. The summed E-state index contributed by atoms with van der Waals surface area (Å²) in [7, 11) is 0.189. The Hall–Kier alpha value is -4.86. The van der Waals surface area contributed by atoms with Gasteiger partial charge in [0.25, 0.3) is 0 Å². The van der Waals surface area contributed by atoms with Crippen molar-refractivity contribution in [2.75, 3.05) is 33.1 Å². The molecule has 59 heavy (non-hydrogen) atoms. The highest BCUT2D eigenvalue weighted by molar-refractivity contribution is 7.87. The predicted molar refractivity (Wildman–Crippen MR) is 230 cm³/mol. The average molecular weight is 843 g/mol. The first-order valence-electron chi connectivity index (χ1n) is 20.4. The van der Waals surface area contributed by atoms with Crippen LogP contribution in [0.15, 0.2) is 66.1 Å². The molecule has 0 bridgehead atoms. The number of benzene rings is 2. The minimum absolute atomic E-state index is 0.128. The van der Waals surface area contributed by atoms with E-state index in [0.29, 0.717) is 35.6 Å². The number of carbonyl (C=O) groups excluding carboxylic acids is 3. The van der Waals surface area contributed by atoms with Crippen LogP contribution < -0.4 is 19.5 Å². The third kappa shape index (κ3) is 9.02. The molecule has 4 heterocycles. The Morgan fingerprint density at radius 1 is 1.05 bits per heavy atom. The Morgan fingerprint density at radius 3 is 2.54 bits per heavy atom. The number of anilines is 1. The standard InChI is InChI=1S/C44H54N6O7S2/c1-27(2)35-26-58-41(47-35)34-22-39(32-19-20-38(56-6)28(3)40(32)46-34)57-31-21-36-37(51)24-44(43(53)48-59(54,55)49(4)5)23-29(44)15-11-8-7-9-14-18-33(42(52)50(36)25-31)45-30-16-12-10-13-17-30/h10-13,15-17,19-20,22,26-27,29,31,33,36,45H,7-9,14,18,21,23-25H2,1-6H3,(H,48,53)/b15-11-/t29-,31-,33+,36+,44-/m1/s1. The van der Waals surface area contributed by atoms with E-state index in [1.165, 1.54) is 25.4 Å². The van der Waals surface area contributed by atoms with E-state index < -0.39 is 39.7 Å². The highest BCUT2D eigenvalue weighted by Gasteiger charge is 2.61. The molecule has 1 saturated heterocycles. The van der Waals surface area contributed by atoms with Gasteiger partial charge in [0, 0.05) is 55.0 Å². The lowest BCUT2D eigenvalue weighted by molar-refractivity contribution is -0.139. The Bertz CT molecular complexity index is 2350. The number of nitrogens with zero attached hydrogens (tertiary/aromatic N) is 4. The van der Waals surface area contributed by atoms with Crippen LogP contribution in [0, 0.1) is 18.3 Å². The smallest absolute Gasteiger partial charge is 0.303 e. The number of allylic oxidation sites excluding steroid dienone is 2. The first-order valence-corrected chi connectivity index (χ1v) is 22.7. The molecule has 5 atom stereocenters. The van der Waals surface area contributed by atoms with E-state index in [2.05, 4.69) is 23.9 Å². The molecule has 314 valence electrons. The maximum atomic E-state index is 14.9. The van der Waals surface area contributed by atoms with Gasteiger partial charge in [0.05, 0.1) is 36.3 Å². The summed E-state index contributed by atoms with van der Waals surface area (Å²) in [6.07, 6.45) is 7.56. The van der Waals surface area contributed by atoms with Crippen molar-refractivity contribution in [2.45, 2.75) is 96.2 Å². The highest BCUT2D eigenvalue weighted by atomic mass is 32.2. The van der Waals surface area contributed by atoms with Gasteiger partial charge >= 0.3 is 10.2 Å². The number of ether oxygens (including phenoxy) is 2. The minimum atomic E-state index is -4.11. The van der Waals surface area contributed by atoms with Crippen molar-refractivity contribution in [3.05, 3.63) is 77.3 Å². The summed E-state index contributed by atoms with van der Waals surface area (Å²) >= 11 is 1.51. The van der Waals surface area contributed by atoms with Crippen LogP contribution in [0.25, 0.3) is 21.6 Å². The largest absolute Gasteiger partial charge is 0.496 e. The van der Waals surface area contributed by atoms with E-state index in [-0.39, 0.29) is 42.9 Å². The normalized spacial score (nSPS) is 24.6. The number of Topliss-reactive ketones (excluding diaryl/α,β-unsaturated/α-hetero) is 1. The molecular weight excluding hydrogens is 789 g/mol. The number of fused-ring (bicyclic) bond motifs is 3. The minimum Gasteiger partial charge on any atom is -0.496 e. The second-order valence-corrected chi connectivity index (χ2v) is 19.2. The van der Waals surface area contributed by atoms with Gasteiger partial charge in [0.2, 0.25) is 11.8 Å². The molecule has 2 N–H and O–H groups in total. The zero-order chi connectivity index (χ0) is 42.1. The van der Waals surface area contributed by atoms with E-state index in [1.807, 2.05) is 73.0 Å². The Morgan fingerprint density at radius 2 is 1.83 bits per heavy atom. The number of amides is 2. The molecule has 1 aliphatic carbocycles. The summed E-state index contributed by atoms with van der Waals surface area (Å²) in [5, 5.41) is 6.99. The second kappa shape index (κ2) is 17.4. The third-order valence-corrected chi connectivity index (χ3v) is 14.1. The van der Waals surface area contributed by atoms with Gasteiger partial charge in [0.15, 0.2) is 5.78 Å². The topological polar surface area (TPSA) is 160 Å². The predicted octanol–water partition coefficient (Wildman–Crippen LogP) is 7.04. The number of aryl methyl sites for hydroxylation is 1. The molecule has 4 aromatic rings. The summed E-state index contributed by atoms with van der Waals surface area (Å²) in [6, 6.07) is 13.7. The van der Waals surface area contributed by atoms with Gasteiger partial charge in [0.1, 0.15) is 34.3 Å². The van der Waals surface area contributed by atoms with Crippen LogP contribution >= 0.6 is 11.3 Å². The molecule has 2 aliphatic heterocycles. The number of methoxy groups -OCH3 is 1. The number of thiazole rings is 1. The van der Waals surface area contributed by atoms with Crippen LogP contribution in [0.2, 0.25) is 0 Å². The molecule has 2 aromatic carbocycles. The number of carbonyl (C=O) groups is 3. The Kier molecular flexibility index (Phi) is 12.5. The molecule has 2 aromatic heterocycles. The number of aromatic nitrogens is 2. The quantitative estimate of drug-likeness (QED) is 0.159. The molecule has 3 aliphatic rings. The van der Waals surface area contributed by atoms with E-state index in [4.69, 9.17) is 19.4 Å². The summed E-state index contributed by atoms with van der Waals surface area (Å²) in [5.41, 5.74) is 2.67. The van der Waals surface area contributed by atoms with Gasteiger partial charge in [-0.05, 0) is 68.7 Å². The van der Waals surface area contributed by atoms with Gasteiger partial charge < -0.3 is 19.7 Å². The second-order valence-electron chi connectivity index (χ2n) is 16.5. The summed E-state index contributed by atoms with van der Waals surface area (Å²) in [5.74, 6) is -0.103. The third-order valence-electron chi connectivity index (χ3n) is 11.8. The molecule has 13 nitrogen and oxygen atoms in total. The lowest BCUT2D eigenvalue weighted by atomic mass is 9.91. The van der Waals surface area contributed by atoms with Gasteiger partial charge in [-0.3, -0.25) is 14.4 Å². The zero-order valence-corrected chi connectivity index (χ0v) is 36.2. The average Bonchev–Trinajstić information content (AvgIpc) is 3.49. The summed E-state index contributed by atoms with van der Waals surface area (Å²) < 4.78 is 41.4. The molecule has 1 saturated carbocycles. The lowest BCUT2D eigenvalue weighted by Crippen LogP contribution is -2.49. The van der Waals surface area contributed by atoms with E-state index in [1.54, 1.807) is 12.0 Å². The van der Waals surface area contributed by atoms with Crippen molar-refractivity contribution < 1.29 is 32.3 Å². The van der Waals surface area contributed by atoms with Gasteiger partial charge in [-0.25, -0.2) is 14.7 Å². The monoisotopic (exact) mass is 842 g/mol. The van der Waals surface area contributed by atoms with Crippen LogP contribution in [-0.4, -0.2) is 91.1 Å². The molecular formula is C44H54N6O7S2. The molecule has 2 fully saturated rings. The first-order chi connectivity index (χ1) is 28.2. The Balaban J connectivity index is 1.26. The van der Waals surface area contributed by atoms with Crippen molar-refractivity contribution in [1.82, 2.24) is 23.9 Å². The van der Waals surface area contributed by atoms with E-state index >= 15 is 0 Å². The fourth-order valence-electron chi connectivity index (χ4n) is 8.20. The Labute approximate surface area is 350 Å². The van der Waals surface area contributed by atoms with Crippen LogP contribution in [0.4, 0.5) is 5.69 Å². The number of nitrogens with one attached hydrogen (secondary N) is 2. The van der Waals surface area contributed by atoms with E-state index in [0.717, 1.165) is 57.3 Å². The zero-order valence-electron chi connectivity index (χ0n) is 34.6. The molecule has 15 heteroatoms. The molecule has 0 spiro atoms. The number of ketones is 1. The van der Waals surface area contributed by atoms with Crippen molar-refractivity contribution in [1.29, 1.82) is 0 Å². The summed E-state index contributed by atoms with van der Waals surface area (Å²) in [4.78, 5) is 55.0. The maximum absolute atomic E-state index is 14.9. The van der Waals surface area contributed by atoms with E-state index in [9.17, 15) is 22.8 Å². The molecule has 0 radical (unpaired) electrons. The van der Waals surface area contributed by atoms with Crippen LogP contribution in [0.5, 0.6) is 11.5 Å². The van der Waals surface area contributed by atoms with Crippen molar-refractivity contribution in [3.8, 4) is 22.2 Å². The molecule has 2 amide bonds. The SMILES string of the molecule is COc1ccc2c(O[C@@H]3C[C@H]4C(=O)C[C@]5(C(=O)NS(=O)(=O)N(C)C)C[C@H]5/C=C\CCCCC[C@H](Nc5ccccc5)C(=O)N4C3)cc(-c3nc(C(C)C)cs3)nc2c1C. The highest BCUT2D eigenvalue weighted by Crippen LogP contribution is 2.57. The molecule has 7 rings (SSSR count). The van der Waals surface area contributed by atoms with Crippen LogP contribution in [-0.2, 0) is 24.6 Å². The first kappa shape index (κ1) is 42.3. The van der Waals surface area contributed by atoms with Crippen molar-refractivity contribution >= 4 is 55.7 Å². The van der Waals surface area contributed by atoms with Crippen LogP contribution in [0.3, 0.4) is 0 Å². The van der Waals surface area contributed by atoms with Gasteiger partial charge in [-0.15, -0.1) is 11.3 Å². The lowest BCUT2D eigenvalue weighted by Gasteiger charge is -2.30. The fraction of sp³-hybridized carbons (Fsp3) is 0.477. The van der Waals surface area contributed by atoms with Crippen molar-refractivity contribution in [2.24, 2.45) is 11.3 Å². The van der Waals surface area contributed by atoms with Crippen LogP contribution in [0.1, 0.15) is 82.4 Å². The number of para-hydroxylation sites is 1. The number of hydrogen-bond acceptors (Lipinski definition) is 11.